The van der Waals surface area contributed by atoms with E-state index in [9.17, 15) is 0 Å². The third kappa shape index (κ3) is 12.5. The molecule has 27 heavy (non-hydrogen) atoms. The molecule has 0 aromatic rings. The van der Waals surface area contributed by atoms with Gasteiger partial charge >= 0.3 is 8.80 Å². The third-order valence-corrected chi connectivity index (χ3v) is 7.05. The van der Waals surface area contributed by atoms with E-state index in [1.807, 2.05) is 0 Å². The van der Waals surface area contributed by atoms with Crippen molar-refractivity contribution in [2.75, 3.05) is 53.7 Å². The minimum absolute atomic E-state index is 0.638. The average Bonchev–Trinajstić information content (AvgIpc) is 2.58. The van der Waals surface area contributed by atoms with E-state index in [2.05, 4.69) is 46.4 Å². The average molecular weight is 402 g/mol. The lowest BCUT2D eigenvalue weighted by atomic mass is 10.1. The molecule has 6 nitrogen and oxygen atoms in total. The quantitative estimate of drug-likeness (QED) is 0.310. The Hall–Kier alpha value is -0.603. The van der Waals surface area contributed by atoms with Crippen LogP contribution in [0, 0.1) is 11.8 Å². The van der Waals surface area contributed by atoms with E-state index in [0.29, 0.717) is 18.0 Å². The minimum atomic E-state index is -2.66. The second kappa shape index (κ2) is 14.4. The highest BCUT2D eigenvalue weighted by Gasteiger charge is 2.39. The van der Waals surface area contributed by atoms with E-state index in [4.69, 9.17) is 23.3 Å². The van der Waals surface area contributed by atoms with Gasteiger partial charge in [0.1, 0.15) is 0 Å². The molecule has 0 radical (unpaired) electrons. The van der Waals surface area contributed by atoms with Gasteiger partial charge in [0.25, 0.3) is 0 Å². The maximum atomic E-state index is 5.61. The van der Waals surface area contributed by atoms with Gasteiger partial charge in [-0.05, 0) is 38.5 Å². The van der Waals surface area contributed by atoms with E-state index in [0.717, 1.165) is 39.0 Å². The third-order valence-electron chi connectivity index (χ3n) is 4.35. The lowest BCUT2D eigenvalue weighted by Crippen LogP contribution is -2.54. The molecule has 0 spiro atoms. The van der Waals surface area contributed by atoms with Crippen LogP contribution in [0.5, 0.6) is 0 Å². The van der Waals surface area contributed by atoms with Crippen LogP contribution in [0.4, 0.5) is 0 Å². The smallest absolute Gasteiger partial charge is 0.376 e. The van der Waals surface area contributed by atoms with E-state index >= 15 is 0 Å². The molecule has 0 fully saturated rings. The highest BCUT2D eigenvalue weighted by Crippen LogP contribution is 2.09. The van der Waals surface area contributed by atoms with Crippen LogP contribution in [0.2, 0.25) is 0 Å². The Morgan fingerprint density at radius 1 is 0.778 bits per heavy atom. The molecule has 0 amide bonds. The van der Waals surface area contributed by atoms with Gasteiger partial charge < -0.3 is 13.3 Å². The van der Waals surface area contributed by atoms with E-state index in [1.165, 1.54) is 11.4 Å². The Morgan fingerprint density at radius 3 is 1.44 bits per heavy atom. The second-order valence-electron chi connectivity index (χ2n) is 8.00. The van der Waals surface area contributed by atoms with Crippen LogP contribution >= 0.6 is 0 Å². The molecule has 0 rings (SSSR count). The molecule has 160 valence electrons. The van der Waals surface area contributed by atoms with Crippen molar-refractivity contribution in [2.24, 2.45) is 21.8 Å². The maximum absolute atomic E-state index is 5.61. The largest absolute Gasteiger partial charge is 0.514 e. The summed E-state index contributed by atoms with van der Waals surface area (Å²) in [6.07, 6.45) is 2.74. The van der Waals surface area contributed by atoms with Crippen molar-refractivity contribution in [3.63, 3.8) is 0 Å². The van der Waals surface area contributed by atoms with Crippen LogP contribution in [0.1, 0.15) is 54.4 Å². The number of aliphatic imine (C=N–C) groups is 2. The number of nitrogens with zero attached hydrogens (tertiary/aromatic N) is 3. The van der Waals surface area contributed by atoms with Crippen molar-refractivity contribution in [1.82, 2.24) is 4.90 Å². The van der Waals surface area contributed by atoms with Crippen LogP contribution in [0.3, 0.4) is 0 Å². The van der Waals surface area contributed by atoms with Gasteiger partial charge in [-0.1, -0.05) is 27.7 Å². The van der Waals surface area contributed by atoms with Gasteiger partial charge in [0.15, 0.2) is 0 Å². The van der Waals surface area contributed by atoms with Gasteiger partial charge in [0.2, 0.25) is 0 Å². The standard InChI is InChI=1S/C20H43N3O3Si/c1-17(2)14-19(5)21-10-12-23(16-27(24-7,25-8)26-9)13-11-22-20(6)15-18(3)4/h17-18H,10-16H2,1-9H3. The Bertz CT molecular complexity index is 411. The Labute approximate surface area is 168 Å². The van der Waals surface area contributed by atoms with Crippen LogP contribution < -0.4 is 0 Å². The van der Waals surface area contributed by atoms with E-state index < -0.39 is 8.80 Å². The molecule has 0 bridgehead atoms. The first kappa shape index (κ1) is 26.4. The summed E-state index contributed by atoms with van der Waals surface area (Å²) in [6, 6.07) is 0. The fraction of sp³-hybridized carbons (Fsp3) is 0.900. The normalized spacial score (nSPS) is 14.1. The Morgan fingerprint density at radius 2 is 1.15 bits per heavy atom. The molecule has 0 N–H and O–H groups in total. The SMILES string of the molecule is CO[Si](CN(CCN=C(C)CC(C)C)CCN=C(C)CC(C)C)(OC)OC. The maximum Gasteiger partial charge on any atom is 0.514 e. The first-order valence-electron chi connectivity index (χ1n) is 10.1. The molecule has 7 heteroatoms. The molecule has 0 saturated heterocycles. The molecule has 0 unspecified atom stereocenters. The number of hydrogen-bond acceptors (Lipinski definition) is 6. The second-order valence-corrected chi connectivity index (χ2v) is 10.9. The fourth-order valence-corrected chi connectivity index (χ4v) is 4.81. The lowest BCUT2D eigenvalue weighted by Gasteiger charge is -2.30. The molecule has 0 atom stereocenters. The topological polar surface area (TPSA) is 55.7 Å². The summed E-state index contributed by atoms with van der Waals surface area (Å²) >= 11 is 0. The zero-order valence-corrected chi connectivity index (χ0v) is 20.2. The first-order chi connectivity index (χ1) is 12.7. The molecule has 0 aliphatic carbocycles. The highest BCUT2D eigenvalue weighted by molar-refractivity contribution is 6.60. The van der Waals surface area contributed by atoms with E-state index in [1.54, 1.807) is 21.3 Å². The minimum Gasteiger partial charge on any atom is -0.376 e. The van der Waals surface area contributed by atoms with Crippen molar-refractivity contribution in [2.45, 2.75) is 54.4 Å². The van der Waals surface area contributed by atoms with Crippen LogP contribution in [-0.4, -0.2) is 78.8 Å². The molecule has 0 aliphatic heterocycles. The summed E-state index contributed by atoms with van der Waals surface area (Å²) < 4.78 is 16.8. The zero-order chi connectivity index (χ0) is 20.9. The van der Waals surface area contributed by atoms with Crippen LogP contribution in [0.25, 0.3) is 0 Å². The fourth-order valence-electron chi connectivity index (χ4n) is 3.06. The molecular formula is C20H43N3O3Si. The number of hydrogen-bond donors (Lipinski definition) is 0. The summed E-state index contributed by atoms with van der Waals surface area (Å²) in [5.41, 5.74) is 2.42. The Kier molecular flexibility index (Phi) is 14.1. The van der Waals surface area contributed by atoms with E-state index in [-0.39, 0.29) is 0 Å². The van der Waals surface area contributed by atoms with Gasteiger partial charge in [-0.3, -0.25) is 14.9 Å². The molecular weight excluding hydrogens is 358 g/mol. The summed E-state index contributed by atoms with van der Waals surface area (Å²) in [6.45, 7) is 16.3. The summed E-state index contributed by atoms with van der Waals surface area (Å²) in [5, 5.41) is 0. The van der Waals surface area contributed by atoms with Crippen molar-refractivity contribution < 1.29 is 13.3 Å². The van der Waals surface area contributed by atoms with Gasteiger partial charge in [-0.15, -0.1) is 0 Å². The van der Waals surface area contributed by atoms with Crippen LogP contribution in [-0.2, 0) is 13.3 Å². The monoisotopic (exact) mass is 401 g/mol. The van der Waals surface area contributed by atoms with Crippen LogP contribution in [0.15, 0.2) is 9.98 Å². The Balaban J connectivity index is 4.89. The van der Waals surface area contributed by atoms with Gasteiger partial charge in [0, 0.05) is 45.8 Å². The molecule has 0 aliphatic rings. The molecule has 0 aromatic heterocycles. The van der Waals surface area contributed by atoms with Gasteiger partial charge in [-0.25, -0.2) is 0 Å². The lowest BCUT2D eigenvalue weighted by molar-refractivity contribution is 0.104. The van der Waals surface area contributed by atoms with Crippen molar-refractivity contribution >= 4 is 20.2 Å². The zero-order valence-electron chi connectivity index (χ0n) is 19.2. The molecule has 0 heterocycles. The summed E-state index contributed by atoms with van der Waals surface area (Å²) in [5.74, 6) is 1.28. The molecule has 0 saturated carbocycles. The summed E-state index contributed by atoms with van der Waals surface area (Å²) in [4.78, 5) is 11.8. The van der Waals surface area contributed by atoms with Gasteiger partial charge in [-0.2, -0.15) is 0 Å². The number of rotatable bonds is 15. The summed E-state index contributed by atoms with van der Waals surface area (Å²) in [7, 11) is 2.32. The predicted molar refractivity (Wildman–Crippen MR) is 118 cm³/mol. The van der Waals surface area contributed by atoms with Gasteiger partial charge in [0.05, 0.1) is 19.3 Å². The predicted octanol–water partition coefficient (Wildman–Crippen LogP) is 3.72. The van der Waals surface area contributed by atoms with Crippen molar-refractivity contribution in [3.05, 3.63) is 0 Å². The first-order valence-corrected chi connectivity index (χ1v) is 12.0. The molecule has 0 aromatic carbocycles. The van der Waals surface area contributed by atoms with Crippen molar-refractivity contribution in [3.8, 4) is 0 Å². The van der Waals surface area contributed by atoms with Crippen molar-refractivity contribution in [1.29, 1.82) is 0 Å². The highest BCUT2D eigenvalue weighted by atomic mass is 28.4.